The van der Waals surface area contributed by atoms with E-state index in [1.54, 1.807) is 0 Å². The number of hydrogen-bond donors (Lipinski definition) is 0. The predicted octanol–water partition coefficient (Wildman–Crippen LogP) is 3.57. The first-order chi connectivity index (χ1) is 4.22. The lowest BCUT2D eigenvalue weighted by Crippen LogP contribution is -1.88. The van der Waals surface area contributed by atoms with Gasteiger partial charge in [0, 0.05) is 9.51 Å². The molecule has 2 heteroatoms. The molecule has 0 heterocycles. The molecule has 1 aliphatic carbocycles. The first-order valence-electron chi connectivity index (χ1n) is 2.93. The maximum atomic E-state index is 5.87. The van der Waals surface area contributed by atoms with E-state index in [0.29, 0.717) is 0 Å². The predicted molar refractivity (Wildman–Crippen MR) is 44.8 cm³/mol. The molecule has 0 amide bonds. The number of allylic oxidation sites excluding steroid dienone is 4. The molecule has 0 N–H and O–H groups in total. The minimum Gasteiger partial charge on any atom is -0.0888 e. The van der Waals surface area contributed by atoms with Gasteiger partial charge in [-0.25, -0.2) is 0 Å². The van der Waals surface area contributed by atoms with E-state index in [1.165, 1.54) is 5.57 Å². The Labute approximate surface area is 68.7 Å². The van der Waals surface area contributed by atoms with Crippen LogP contribution in [-0.4, -0.2) is 0 Å². The highest BCUT2D eigenvalue weighted by atomic mass is 79.9. The van der Waals surface area contributed by atoms with Gasteiger partial charge in [0.25, 0.3) is 0 Å². The van der Waals surface area contributed by atoms with Crippen molar-refractivity contribution in [2.45, 2.75) is 19.8 Å². The third-order valence-electron chi connectivity index (χ3n) is 1.45. The molecule has 0 atom stereocenters. The highest BCUT2D eigenvalue weighted by Crippen LogP contribution is 2.30. The van der Waals surface area contributed by atoms with Crippen LogP contribution in [0.1, 0.15) is 19.8 Å². The molecule has 0 bridgehead atoms. The van der Waals surface area contributed by atoms with Gasteiger partial charge in [-0.15, -0.1) is 0 Å². The van der Waals surface area contributed by atoms with Crippen LogP contribution in [0.4, 0.5) is 0 Å². The van der Waals surface area contributed by atoms with Crippen LogP contribution < -0.4 is 0 Å². The van der Waals surface area contributed by atoms with Gasteiger partial charge in [-0.3, -0.25) is 0 Å². The van der Waals surface area contributed by atoms with Crippen molar-refractivity contribution in [3.05, 3.63) is 21.2 Å². The molecule has 0 fully saturated rings. The molecule has 0 spiro atoms. The van der Waals surface area contributed by atoms with Crippen LogP contribution in [0.3, 0.4) is 0 Å². The van der Waals surface area contributed by atoms with Crippen molar-refractivity contribution in [2.75, 3.05) is 0 Å². The van der Waals surface area contributed by atoms with E-state index < -0.39 is 0 Å². The first kappa shape index (κ1) is 7.36. The third-order valence-corrected chi connectivity index (χ3v) is 2.84. The molecule has 1 aliphatic rings. The Morgan fingerprint density at radius 2 is 2.33 bits per heavy atom. The number of halogens is 2. The van der Waals surface area contributed by atoms with Crippen molar-refractivity contribution < 1.29 is 0 Å². The Morgan fingerprint density at radius 3 is 2.78 bits per heavy atom. The van der Waals surface area contributed by atoms with Gasteiger partial charge < -0.3 is 0 Å². The summed E-state index contributed by atoms with van der Waals surface area (Å²) in [6.45, 7) is 2.03. The Kier molecular flexibility index (Phi) is 2.36. The molecular weight excluding hydrogens is 199 g/mol. The number of hydrogen-bond acceptors (Lipinski definition) is 0. The summed E-state index contributed by atoms with van der Waals surface area (Å²) in [7, 11) is 0. The molecule has 0 aliphatic heterocycles. The van der Waals surface area contributed by atoms with Crippen LogP contribution in [0.15, 0.2) is 21.2 Å². The van der Waals surface area contributed by atoms with Crippen LogP contribution in [0.25, 0.3) is 0 Å². The average Bonchev–Trinajstić information content (AvgIpc) is 1.83. The Hall–Kier alpha value is 0.250. The zero-order valence-corrected chi connectivity index (χ0v) is 7.59. The van der Waals surface area contributed by atoms with Crippen molar-refractivity contribution in [1.82, 2.24) is 0 Å². The zero-order chi connectivity index (χ0) is 6.85. The molecule has 0 saturated heterocycles. The lowest BCUT2D eigenvalue weighted by molar-refractivity contribution is 0.992. The van der Waals surface area contributed by atoms with Crippen LogP contribution >= 0.6 is 27.5 Å². The standard InChI is InChI=1S/C7H8BrCl/c1-5-6(8)3-2-4-7(5)9/h3H,2,4H2,1H3. The molecule has 1 rings (SSSR count). The molecule has 0 radical (unpaired) electrons. The molecule has 0 aromatic rings. The van der Waals surface area contributed by atoms with E-state index in [4.69, 9.17) is 11.6 Å². The van der Waals surface area contributed by atoms with E-state index in [2.05, 4.69) is 22.0 Å². The molecule has 9 heavy (non-hydrogen) atoms. The summed E-state index contributed by atoms with van der Waals surface area (Å²) in [5.74, 6) is 0. The van der Waals surface area contributed by atoms with Crippen LogP contribution in [0.2, 0.25) is 0 Å². The van der Waals surface area contributed by atoms with Gasteiger partial charge in [-0.05, 0) is 25.3 Å². The minimum atomic E-state index is 0.990. The molecular formula is C7H8BrCl. The minimum absolute atomic E-state index is 0.990. The van der Waals surface area contributed by atoms with Gasteiger partial charge in [-0.2, -0.15) is 0 Å². The van der Waals surface area contributed by atoms with E-state index in [0.717, 1.165) is 22.4 Å². The van der Waals surface area contributed by atoms with Crippen molar-refractivity contribution in [3.63, 3.8) is 0 Å². The molecule has 0 saturated carbocycles. The smallest absolute Gasteiger partial charge is 0.0224 e. The van der Waals surface area contributed by atoms with Gasteiger partial charge in [0.15, 0.2) is 0 Å². The fourth-order valence-electron chi connectivity index (χ4n) is 0.796. The third kappa shape index (κ3) is 1.59. The maximum absolute atomic E-state index is 5.87. The summed E-state index contributed by atoms with van der Waals surface area (Å²) in [5, 5.41) is 0.990. The summed E-state index contributed by atoms with van der Waals surface area (Å²) in [5.41, 5.74) is 1.18. The Balaban J connectivity index is 2.88. The van der Waals surface area contributed by atoms with Crippen molar-refractivity contribution in [2.24, 2.45) is 0 Å². The summed E-state index contributed by atoms with van der Waals surface area (Å²) in [6.07, 6.45) is 4.22. The fourth-order valence-corrected chi connectivity index (χ4v) is 1.59. The second-order valence-corrected chi connectivity index (χ2v) is 3.43. The topological polar surface area (TPSA) is 0 Å². The summed E-state index contributed by atoms with van der Waals surface area (Å²) in [4.78, 5) is 0. The monoisotopic (exact) mass is 206 g/mol. The van der Waals surface area contributed by atoms with Crippen LogP contribution in [0, 0.1) is 0 Å². The molecule has 0 unspecified atom stereocenters. The number of rotatable bonds is 0. The highest BCUT2D eigenvalue weighted by molar-refractivity contribution is 9.12. The summed E-state index contributed by atoms with van der Waals surface area (Å²) >= 11 is 9.28. The van der Waals surface area contributed by atoms with Crippen LogP contribution in [-0.2, 0) is 0 Å². The lowest BCUT2D eigenvalue weighted by atomic mass is 10.1. The van der Waals surface area contributed by atoms with Gasteiger partial charge >= 0.3 is 0 Å². The van der Waals surface area contributed by atoms with E-state index in [1.807, 2.05) is 6.92 Å². The second kappa shape index (κ2) is 2.89. The fraction of sp³-hybridized carbons (Fsp3) is 0.429. The van der Waals surface area contributed by atoms with E-state index in [9.17, 15) is 0 Å². The van der Waals surface area contributed by atoms with Gasteiger partial charge in [-0.1, -0.05) is 33.6 Å². The highest BCUT2D eigenvalue weighted by Gasteiger charge is 2.06. The van der Waals surface area contributed by atoms with Gasteiger partial charge in [0.05, 0.1) is 0 Å². The molecule has 0 aromatic heterocycles. The normalized spacial score (nSPS) is 20.1. The SMILES string of the molecule is CC1=C(Cl)CCC=C1Br. The summed E-state index contributed by atoms with van der Waals surface area (Å²) < 4.78 is 1.15. The zero-order valence-electron chi connectivity index (χ0n) is 5.25. The molecule has 0 aromatic carbocycles. The van der Waals surface area contributed by atoms with Gasteiger partial charge in [0.2, 0.25) is 0 Å². The Bertz CT molecular complexity index is 179. The quantitative estimate of drug-likeness (QED) is 0.570. The van der Waals surface area contributed by atoms with Gasteiger partial charge in [0.1, 0.15) is 0 Å². The second-order valence-electron chi connectivity index (χ2n) is 2.12. The lowest BCUT2D eigenvalue weighted by Gasteiger charge is -2.09. The van der Waals surface area contributed by atoms with Crippen LogP contribution in [0.5, 0.6) is 0 Å². The Morgan fingerprint density at radius 1 is 1.67 bits per heavy atom. The van der Waals surface area contributed by atoms with Crippen molar-refractivity contribution >= 4 is 27.5 Å². The first-order valence-corrected chi connectivity index (χ1v) is 4.10. The van der Waals surface area contributed by atoms with Crippen molar-refractivity contribution in [3.8, 4) is 0 Å². The summed E-state index contributed by atoms with van der Waals surface area (Å²) in [6, 6.07) is 0. The van der Waals surface area contributed by atoms with Crippen molar-refractivity contribution in [1.29, 1.82) is 0 Å². The molecule has 0 nitrogen and oxygen atoms in total. The molecule has 50 valence electrons. The maximum Gasteiger partial charge on any atom is 0.0224 e. The van der Waals surface area contributed by atoms with E-state index >= 15 is 0 Å². The van der Waals surface area contributed by atoms with E-state index in [-0.39, 0.29) is 0 Å². The average molecular weight is 207 g/mol. The largest absolute Gasteiger partial charge is 0.0888 e.